The van der Waals surface area contributed by atoms with Crippen molar-refractivity contribution in [3.63, 3.8) is 0 Å². The molecular weight excluding hydrogens is 259 g/mol. The van der Waals surface area contributed by atoms with Gasteiger partial charge in [-0.2, -0.15) is 0 Å². The number of rotatable bonds is 4. The predicted molar refractivity (Wildman–Crippen MR) is 51.0 cm³/mol. The molecule has 0 radical (unpaired) electrons. The van der Waals surface area contributed by atoms with Crippen LogP contribution in [0.15, 0.2) is 35.2 Å². The molecule has 66 valence electrons. The number of benzene rings is 1. The normalized spacial score (nSPS) is 12.8. The van der Waals surface area contributed by atoms with Gasteiger partial charge in [0.1, 0.15) is 0 Å². The van der Waals surface area contributed by atoms with Crippen molar-refractivity contribution in [2.45, 2.75) is 4.90 Å². The molecule has 1 aromatic rings. The zero-order chi connectivity index (χ0) is 8.81. The minimum atomic E-state index is -3.35. The second-order valence-electron chi connectivity index (χ2n) is 1.81. The molecule has 0 bridgehead atoms. The van der Waals surface area contributed by atoms with Gasteiger partial charge in [-0.1, -0.05) is 0 Å². The van der Waals surface area contributed by atoms with Crippen LogP contribution in [-0.4, -0.2) is 19.4 Å². The first-order chi connectivity index (χ1) is 5.79. The maximum atomic E-state index is 10.2. The van der Waals surface area contributed by atoms with Gasteiger partial charge in [-0.25, -0.2) is 0 Å². The van der Waals surface area contributed by atoms with Crippen molar-refractivity contribution in [1.29, 1.82) is 0 Å². The van der Waals surface area contributed by atoms with Crippen LogP contribution in [0.2, 0.25) is 0 Å². The van der Waals surface area contributed by atoms with Crippen molar-refractivity contribution < 1.29 is 11.0 Å². The van der Waals surface area contributed by atoms with E-state index >= 15 is 0 Å². The van der Waals surface area contributed by atoms with E-state index in [4.69, 9.17) is 4.10 Å². The van der Waals surface area contributed by atoms with Crippen molar-refractivity contribution in [3.05, 3.63) is 30.3 Å². The van der Waals surface area contributed by atoms with Crippen LogP contribution in [0, 0.1) is 0 Å². The van der Waals surface area contributed by atoms with E-state index in [2.05, 4.69) is 3.17 Å². The fourth-order valence-corrected chi connectivity index (χ4v) is 3.59. The van der Waals surface area contributed by atoms with Gasteiger partial charge >= 0.3 is 83.4 Å². The van der Waals surface area contributed by atoms with Crippen LogP contribution in [0.25, 0.3) is 0 Å². The van der Waals surface area contributed by atoms with Crippen LogP contribution in [0.1, 0.15) is 0 Å². The summed E-state index contributed by atoms with van der Waals surface area (Å²) in [5.41, 5.74) is 0. The summed E-state index contributed by atoms with van der Waals surface area (Å²) in [6.07, 6.45) is 0. The van der Waals surface area contributed by atoms with Crippen molar-refractivity contribution in [1.82, 2.24) is 0 Å². The maximum absolute atomic E-state index is 10.2. The van der Waals surface area contributed by atoms with E-state index in [0.29, 0.717) is 0 Å². The number of hydrogen-bond acceptors (Lipinski definition) is 4. The van der Waals surface area contributed by atoms with Crippen molar-refractivity contribution in [3.8, 4) is 0 Å². The third-order valence-corrected chi connectivity index (χ3v) is 4.89. The van der Waals surface area contributed by atoms with Gasteiger partial charge in [-0.05, 0) is 0 Å². The monoisotopic (exact) mass is 266 g/mol. The molecule has 0 aliphatic carbocycles. The van der Waals surface area contributed by atoms with Crippen molar-refractivity contribution in [2.75, 3.05) is 0 Å². The molecule has 0 aliphatic heterocycles. The van der Waals surface area contributed by atoms with Gasteiger partial charge in [0, 0.05) is 0 Å². The molecule has 1 unspecified atom stereocenters. The van der Waals surface area contributed by atoms with Crippen LogP contribution < -0.4 is 0 Å². The Hall–Kier alpha value is 0.198. The van der Waals surface area contributed by atoms with Crippen molar-refractivity contribution >= 4 is 37.1 Å². The molecule has 6 heteroatoms. The average Bonchev–Trinajstić information content (AvgIpc) is 2.05. The van der Waals surface area contributed by atoms with Gasteiger partial charge in [0.25, 0.3) is 0 Å². The molecule has 0 aliphatic rings. The van der Waals surface area contributed by atoms with Crippen LogP contribution in [-0.2, 0) is 6.91 Å². The van der Waals surface area contributed by atoms with E-state index in [-0.39, 0.29) is 0 Å². The molecule has 0 spiro atoms. The third kappa shape index (κ3) is 4.28. The minimum absolute atomic E-state index is 0.943. The Bertz CT molecular complexity index is 254. The Morgan fingerprint density at radius 2 is 2.00 bits per heavy atom. The van der Waals surface area contributed by atoms with Crippen LogP contribution in [0.3, 0.4) is 0 Å². The summed E-state index contributed by atoms with van der Waals surface area (Å²) < 4.78 is 23.1. The van der Waals surface area contributed by atoms with Gasteiger partial charge in [0.05, 0.1) is 0 Å². The van der Waals surface area contributed by atoms with E-state index in [1.54, 1.807) is 0 Å². The summed E-state index contributed by atoms with van der Waals surface area (Å²) >= 11 is -2.41. The molecular formula is C6H7AsO3S2. The summed E-state index contributed by atoms with van der Waals surface area (Å²) in [6, 6.07) is 9.52. The summed E-state index contributed by atoms with van der Waals surface area (Å²) in [6.45, 7) is 0. The Morgan fingerprint density at radius 3 is 2.58 bits per heavy atom. The second kappa shape index (κ2) is 5.78. The van der Waals surface area contributed by atoms with E-state index in [0.717, 1.165) is 16.0 Å². The van der Waals surface area contributed by atoms with Crippen LogP contribution >= 0.6 is 21.9 Å². The van der Waals surface area contributed by atoms with Gasteiger partial charge in [-0.3, -0.25) is 0 Å². The van der Waals surface area contributed by atoms with Crippen LogP contribution in [0.4, 0.5) is 0 Å². The molecule has 0 fully saturated rings. The summed E-state index contributed by atoms with van der Waals surface area (Å²) in [5.74, 6) is 0. The zero-order valence-electron chi connectivity index (χ0n) is 5.97. The average molecular weight is 266 g/mol. The molecule has 12 heavy (non-hydrogen) atoms. The summed E-state index contributed by atoms with van der Waals surface area (Å²) in [7, 11) is 1.32. The quantitative estimate of drug-likeness (QED) is 0.508. The Balaban J connectivity index is 2.29. The molecule has 1 rings (SSSR count). The molecule has 0 saturated heterocycles. The molecule has 1 atom stereocenters. The zero-order valence-corrected chi connectivity index (χ0v) is 9.70. The van der Waals surface area contributed by atoms with Crippen LogP contribution in [0.5, 0.6) is 0 Å². The fourth-order valence-electron chi connectivity index (χ4n) is 0.561. The third-order valence-electron chi connectivity index (χ3n) is 0.979. The predicted octanol–water partition coefficient (Wildman–Crippen LogP) is 1.50. The SMILES string of the molecule is O=[AsH](O)OSSc1ccccc1. The van der Waals surface area contributed by atoms with Gasteiger partial charge < -0.3 is 0 Å². The van der Waals surface area contributed by atoms with Gasteiger partial charge in [-0.15, -0.1) is 0 Å². The van der Waals surface area contributed by atoms with E-state index in [1.807, 2.05) is 30.3 Å². The molecule has 0 heterocycles. The van der Waals surface area contributed by atoms with E-state index in [1.165, 1.54) is 10.8 Å². The van der Waals surface area contributed by atoms with Gasteiger partial charge in [0.15, 0.2) is 0 Å². The summed E-state index contributed by atoms with van der Waals surface area (Å²) in [4.78, 5) is 1.00. The Labute approximate surface area is 83.3 Å². The standard InChI is InChI=1S/C6H7AsO3S2/c8-7(9)10-12-11-6-4-2-1-3-5-6/h1-5,7H,(H,8,9). The topological polar surface area (TPSA) is 46.5 Å². The Kier molecular flexibility index (Phi) is 4.95. The first-order valence-electron chi connectivity index (χ1n) is 3.08. The molecule has 1 N–H and O–H groups in total. The van der Waals surface area contributed by atoms with Crippen molar-refractivity contribution in [2.24, 2.45) is 0 Å². The van der Waals surface area contributed by atoms with E-state index in [9.17, 15) is 3.74 Å². The van der Waals surface area contributed by atoms with E-state index < -0.39 is 15.3 Å². The molecule has 0 saturated carbocycles. The first kappa shape index (κ1) is 10.3. The van der Waals surface area contributed by atoms with Gasteiger partial charge in [0.2, 0.25) is 0 Å². The molecule has 1 aromatic carbocycles. The molecule has 0 aromatic heterocycles. The summed E-state index contributed by atoms with van der Waals surface area (Å²) in [5, 5.41) is 0. The first-order valence-corrected chi connectivity index (χ1v) is 7.81. The number of hydrogen-bond donors (Lipinski definition) is 1. The Morgan fingerprint density at radius 1 is 1.33 bits per heavy atom. The molecule has 0 amide bonds. The second-order valence-corrected chi connectivity index (χ2v) is 5.83. The molecule has 3 nitrogen and oxygen atoms in total. The fraction of sp³-hybridized carbons (Fsp3) is 0.